The number of benzene rings is 1. The smallest absolute Gasteiger partial charge is 0.280 e. The highest BCUT2D eigenvalue weighted by molar-refractivity contribution is 6.02. The summed E-state index contributed by atoms with van der Waals surface area (Å²) in [6.07, 6.45) is 6.13. The summed E-state index contributed by atoms with van der Waals surface area (Å²) in [5.41, 5.74) is 2.48. The molecule has 0 spiro atoms. The van der Waals surface area contributed by atoms with E-state index in [0.717, 1.165) is 0 Å². The Morgan fingerprint density at radius 2 is 2.12 bits per heavy atom. The summed E-state index contributed by atoms with van der Waals surface area (Å²) in [5.74, 6) is -1.17. The van der Waals surface area contributed by atoms with Crippen LogP contribution in [0.4, 0.5) is 0 Å². The SMILES string of the molecule is C=CCn1c(=O)c(C(=O)NN=Cc2cccnc2)c(O)c2ccccc21. The van der Waals surface area contributed by atoms with Gasteiger partial charge in [-0.15, -0.1) is 6.58 Å². The van der Waals surface area contributed by atoms with E-state index in [2.05, 4.69) is 22.1 Å². The van der Waals surface area contributed by atoms with Crippen LogP contribution in [-0.4, -0.2) is 26.8 Å². The largest absolute Gasteiger partial charge is 0.506 e. The first-order valence-electron chi connectivity index (χ1n) is 7.82. The summed E-state index contributed by atoms with van der Waals surface area (Å²) < 4.78 is 1.38. The number of aromatic nitrogens is 2. The zero-order valence-electron chi connectivity index (χ0n) is 13.8. The fourth-order valence-electron chi connectivity index (χ4n) is 2.58. The van der Waals surface area contributed by atoms with E-state index in [4.69, 9.17) is 0 Å². The van der Waals surface area contributed by atoms with Crippen LogP contribution in [0.5, 0.6) is 5.75 Å². The Labute approximate surface area is 148 Å². The number of hydrogen-bond donors (Lipinski definition) is 2. The summed E-state index contributed by atoms with van der Waals surface area (Å²) in [6.45, 7) is 3.84. The molecule has 3 rings (SSSR count). The molecule has 7 heteroatoms. The monoisotopic (exact) mass is 348 g/mol. The Morgan fingerprint density at radius 1 is 1.31 bits per heavy atom. The standard InChI is InChI=1S/C19H16N4O3/c1-2-10-23-15-8-4-3-7-14(15)17(24)16(19(23)26)18(25)22-21-12-13-6-5-9-20-11-13/h2-9,11-12,24H,1,10H2,(H,22,25). The number of para-hydroxylation sites is 1. The van der Waals surface area contributed by atoms with Crippen LogP contribution in [0.2, 0.25) is 0 Å². The highest BCUT2D eigenvalue weighted by Gasteiger charge is 2.21. The van der Waals surface area contributed by atoms with Gasteiger partial charge in [0.15, 0.2) is 0 Å². The summed E-state index contributed by atoms with van der Waals surface area (Å²) >= 11 is 0. The number of amides is 1. The number of hydrazone groups is 1. The Morgan fingerprint density at radius 3 is 2.85 bits per heavy atom. The van der Waals surface area contributed by atoms with Crippen molar-refractivity contribution in [2.24, 2.45) is 5.10 Å². The zero-order chi connectivity index (χ0) is 18.5. The van der Waals surface area contributed by atoms with Crippen molar-refractivity contribution in [1.82, 2.24) is 15.0 Å². The molecule has 0 bridgehead atoms. The van der Waals surface area contributed by atoms with Crippen LogP contribution in [0.25, 0.3) is 10.9 Å². The minimum Gasteiger partial charge on any atom is -0.506 e. The number of rotatable bonds is 5. The van der Waals surface area contributed by atoms with Crippen molar-refractivity contribution in [2.75, 3.05) is 0 Å². The minimum atomic E-state index is -0.795. The second-order valence-corrected chi connectivity index (χ2v) is 5.43. The molecule has 0 aliphatic carbocycles. The number of nitrogens with one attached hydrogen (secondary N) is 1. The van der Waals surface area contributed by atoms with Gasteiger partial charge in [0, 0.05) is 29.9 Å². The van der Waals surface area contributed by atoms with E-state index in [9.17, 15) is 14.7 Å². The van der Waals surface area contributed by atoms with Gasteiger partial charge in [0.25, 0.3) is 11.5 Å². The molecule has 0 radical (unpaired) electrons. The lowest BCUT2D eigenvalue weighted by Gasteiger charge is -2.12. The zero-order valence-corrected chi connectivity index (χ0v) is 13.8. The van der Waals surface area contributed by atoms with Crippen molar-refractivity contribution in [3.8, 4) is 5.75 Å². The molecular weight excluding hydrogens is 332 g/mol. The topological polar surface area (TPSA) is 96.6 Å². The number of allylic oxidation sites excluding steroid dienone is 1. The Balaban J connectivity index is 2.01. The minimum absolute atomic E-state index is 0.207. The predicted octanol–water partition coefficient (Wildman–Crippen LogP) is 2.05. The van der Waals surface area contributed by atoms with Crippen LogP contribution in [0.3, 0.4) is 0 Å². The molecule has 0 aliphatic rings. The van der Waals surface area contributed by atoms with Crippen molar-refractivity contribution in [1.29, 1.82) is 0 Å². The molecule has 3 aromatic rings. The number of nitrogens with zero attached hydrogens (tertiary/aromatic N) is 3. The molecule has 0 atom stereocenters. The maximum atomic E-state index is 12.7. The maximum absolute atomic E-state index is 12.7. The molecule has 130 valence electrons. The Bertz CT molecular complexity index is 1060. The molecule has 0 saturated carbocycles. The lowest BCUT2D eigenvalue weighted by Crippen LogP contribution is -2.31. The van der Waals surface area contributed by atoms with E-state index >= 15 is 0 Å². The van der Waals surface area contributed by atoms with Gasteiger partial charge in [-0.3, -0.25) is 14.6 Å². The molecule has 2 aromatic heterocycles. The summed E-state index contributed by atoms with van der Waals surface area (Å²) in [4.78, 5) is 29.1. The van der Waals surface area contributed by atoms with Crippen molar-refractivity contribution in [3.05, 3.63) is 82.9 Å². The first-order chi connectivity index (χ1) is 12.6. The summed E-state index contributed by atoms with van der Waals surface area (Å²) in [7, 11) is 0. The van der Waals surface area contributed by atoms with Gasteiger partial charge < -0.3 is 9.67 Å². The Kier molecular flexibility index (Phi) is 4.89. The number of aromatic hydroxyl groups is 1. The molecule has 0 saturated heterocycles. The van der Waals surface area contributed by atoms with Crippen molar-refractivity contribution in [3.63, 3.8) is 0 Å². The molecular formula is C19H16N4O3. The van der Waals surface area contributed by atoms with Crippen LogP contribution in [0.1, 0.15) is 15.9 Å². The Hall–Kier alpha value is -3.74. The number of fused-ring (bicyclic) bond motifs is 1. The molecule has 1 aromatic carbocycles. The third-order valence-electron chi connectivity index (χ3n) is 3.75. The van der Waals surface area contributed by atoms with E-state index in [1.807, 2.05) is 0 Å². The molecule has 1 amide bonds. The highest BCUT2D eigenvalue weighted by atomic mass is 16.3. The molecule has 2 N–H and O–H groups in total. The summed E-state index contributed by atoms with van der Waals surface area (Å²) in [6, 6.07) is 10.3. The average molecular weight is 348 g/mol. The number of hydrogen-bond acceptors (Lipinski definition) is 5. The van der Waals surface area contributed by atoms with E-state index in [-0.39, 0.29) is 17.9 Å². The van der Waals surface area contributed by atoms with Gasteiger partial charge in [0.1, 0.15) is 11.3 Å². The average Bonchev–Trinajstić information content (AvgIpc) is 2.66. The quantitative estimate of drug-likeness (QED) is 0.419. The first kappa shape index (κ1) is 17.1. The van der Waals surface area contributed by atoms with Crippen LogP contribution < -0.4 is 11.0 Å². The first-order valence-corrected chi connectivity index (χ1v) is 7.82. The number of pyridine rings is 2. The van der Waals surface area contributed by atoms with Gasteiger partial charge in [-0.1, -0.05) is 24.3 Å². The van der Waals surface area contributed by atoms with Crippen LogP contribution in [0, 0.1) is 0 Å². The van der Waals surface area contributed by atoms with Crippen LogP contribution in [0.15, 0.2) is 71.3 Å². The second-order valence-electron chi connectivity index (χ2n) is 5.43. The molecule has 7 nitrogen and oxygen atoms in total. The van der Waals surface area contributed by atoms with Gasteiger partial charge in [0.2, 0.25) is 0 Å². The van der Waals surface area contributed by atoms with Gasteiger partial charge in [-0.05, 0) is 18.2 Å². The lowest BCUT2D eigenvalue weighted by atomic mass is 10.1. The van der Waals surface area contributed by atoms with Gasteiger partial charge in [0.05, 0.1) is 11.7 Å². The van der Waals surface area contributed by atoms with Crippen molar-refractivity contribution in [2.45, 2.75) is 6.54 Å². The fourth-order valence-corrected chi connectivity index (χ4v) is 2.58. The van der Waals surface area contributed by atoms with Crippen LogP contribution >= 0.6 is 0 Å². The fraction of sp³-hybridized carbons (Fsp3) is 0.0526. The van der Waals surface area contributed by atoms with E-state index < -0.39 is 11.5 Å². The third-order valence-corrected chi connectivity index (χ3v) is 3.75. The van der Waals surface area contributed by atoms with Gasteiger partial charge in [-0.25, -0.2) is 5.43 Å². The molecule has 2 heterocycles. The normalized spacial score (nSPS) is 10.9. The second kappa shape index (κ2) is 7.43. The van der Waals surface area contributed by atoms with E-state index in [1.165, 1.54) is 10.8 Å². The highest BCUT2D eigenvalue weighted by Crippen LogP contribution is 2.26. The van der Waals surface area contributed by atoms with Gasteiger partial charge >= 0.3 is 0 Å². The van der Waals surface area contributed by atoms with E-state index in [0.29, 0.717) is 16.5 Å². The van der Waals surface area contributed by atoms with Crippen molar-refractivity contribution >= 4 is 23.0 Å². The number of carbonyl (C=O) groups excluding carboxylic acids is 1. The van der Waals surface area contributed by atoms with E-state index in [1.54, 1.807) is 54.9 Å². The molecule has 0 fully saturated rings. The molecule has 26 heavy (non-hydrogen) atoms. The molecule has 0 aliphatic heterocycles. The number of carbonyl (C=O) groups is 1. The summed E-state index contributed by atoms with van der Waals surface area (Å²) in [5, 5.41) is 14.7. The maximum Gasteiger partial charge on any atom is 0.280 e. The predicted molar refractivity (Wildman–Crippen MR) is 99.4 cm³/mol. The molecule has 0 unspecified atom stereocenters. The lowest BCUT2D eigenvalue weighted by molar-refractivity contribution is 0.0950. The van der Waals surface area contributed by atoms with Crippen LogP contribution in [-0.2, 0) is 6.54 Å². The third kappa shape index (κ3) is 3.23. The van der Waals surface area contributed by atoms with Gasteiger partial charge in [-0.2, -0.15) is 5.10 Å². The van der Waals surface area contributed by atoms with Crippen molar-refractivity contribution < 1.29 is 9.90 Å².